The standard InChI is InChI=1S/C19H14ClF5N8O2/c1-8(34)28-12-5-9(3-4-26-12)35-10-7-27-16-15(14(10)20)33(2)17(30-16)29-13-6-11(31-32-13)18(21,22)19(23,24)25/h3-7H,1-2H3,(H,26,28,34)(H2,27,29,30,31,32). The summed E-state index contributed by atoms with van der Waals surface area (Å²) in [7, 11) is 1.51. The molecule has 0 aliphatic rings. The number of amides is 1. The van der Waals surface area contributed by atoms with Crippen molar-refractivity contribution in [3.05, 3.63) is 41.3 Å². The van der Waals surface area contributed by atoms with E-state index in [2.05, 4.69) is 30.7 Å². The number of halogens is 6. The van der Waals surface area contributed by atoms with Crippen LogP contribution in [0.5, 0.6) is 11.5 Å². The molecular weight excluding hydrogens is 503 g/mol. The largest absolute Gasteiger partial charge is 0.459 e. The summed E-state index contributed by atoms with van der Waals surface area (Å²) in [5, 5.41) is 10.3. The number of imidazole rings is 1. The molecule has 4 rings (SSSR count). The Balaban J connectivity index is 1.61. The molecule has 35 heavy (non-hydrogen) atoms. The first-order chi connectivity index (χ1) is 16.4. The highest BCUT2D eigenvalue weighted by Gasteiger charge is 2.60. The van der Waals surface area contributed by atoms with Gasteiger partial charge in [-0.15, -0.1) is 0 Å². The number of rotatable bonds is 6. The predicted octanol–water partition coefficient (Wildman–Crippen LogP) is 4.89. The van der Waals surface area contributed by atoms with Gasteiger partial charge in [-0.3, -0.25) is 9.89 Å². The second-order valence-electron chi connectivity index (χ2n) is 7.13. The van der Waals surface area contributed by atoms with Gasteiger partial charge in [0.25, 0.3) is 0 Å². The maximum Gasteiger partial charge on any atom is 0.459 e. The summed E-state index contributed by atoms with van der Waals surface area (Å²) in [4.78, 5) is 23.5. The molecule has 0 aromatic carbocycles. The minimum atomic E-state index is -5.79. The number of carbonyl (C=O) groups excluding carboxylic acids is 1. The van der Waals surface area contributed by atoms with Crippen molar-refractivity contribution < 1.29 is 31.5 Å². The SMILES string of the molecule is CC(=O)Nc1cc(Oc2cnc3nc(Nc4cc(C(F)(F)C(F)(F)F)[nH]n4)n(C)c3c2Cl)ccn1. The number of aromatic nitrogens is 6. The molecule has 10 nitrogen and oxygen atoms in total. The van der Waals surface area contributed by atoms with E-state index in [1.807, 2.05) is 0 Å². The first-order valence-corrected chi connectivity index (χ1v) is 9.94. The van der Waals surface area contributed by atoms with Gasteiger partial charge in [0.15, 0.2) is 17.2 Å². The van der Waals surface area contributed by atoms with E-state index in [1.165, 1.54) is 43.1 Å². The molecule has 4 aromatic rings. The van der Waals surface area contributed by atoms with Crippen LogP contribution in [0.4, 0.5) is 39.5 Å². The van der Waals surface area contributed by atoms with Crippen molar-refractivity contribution in [1.29, 1.82) is 0 Å². The van der Waals surface area contributed by atoms with Gasteiger partial charge in [-0.25, -0.2) is 9.97 Å². The van der Waals surface area contributed by atoms with E-state index in [-0.39, 0.29) is 45.4 Å². The minimum absolute atomic E-state index is 0.0109. The summed E-state index contributed by atoms with van der Waals surface area (Å²) in [6.07, 6.45) is -3.09. The lowest BCUT2D eigenvalue weighted by molar-refractivity contribution is -0.290. The summed E-state index contributed by atoms with van der Waals surface area (Å²) in [5.41, 5.74) is -1.02. The third kappa shape index (κ3) is 4.66. The summed E-state index contributed by atoms with van der Waals surface area (Å²) in [5.74, 6) is -5.09. The molecular formula is C19H14ClF5N8O2. The third-order valence-corrected chi connectivity index (χ3v) is 4.95. The maximum atomic E-state index is 13.5. The highest BCUT2D eigenvalue weighted by molar-refractivity contribution is 6.36. The number of hydrogen-bond acceptors (Lipinski definition) is 7. The van der Waals surface area contributed by atoms with Gasteiger partial charge in [-0.05, 0) is 6.07 Å². The number of fused-ring (bicyclic) bond motifs is 1. The zero-order valence-corrected chi connectivity index (χ0v) is 18.5. The lowest BCUT2D eigenvalue weighted by atomic mass is 10.2. The molecule has 0 radical (unpaired) electrons. The number of nitrogens with one attached hydrogen (secondary N) is 3. The molecule has 0 aliphatic carbocycles. The lowest BCUT2D eigenvalue weighted by Crippen LogP contribution is -2.34. The van der Waals surface area contributed by atoms with Crippen LogP contribution < -0.4 is 15.4 Å². The Labute approximate surface area is 197 Å². The molecule has 184 valence electrons. The molecule has 0 unspecified atom stereocenters. The van der Waals surface area contributed by atoms with E-state index >= 15 is 0 Å². The van der Waals surface area contributed by atoms with Crippen molar-refractivity contribution in [1.82, 2.24) is 29.7 Å². The zero-order chi connectivity index (χ0) is 25.5. The van der Waals surface area contributed by atoms with Crippen LogP contribution >= 0.6 is 11.6 Å². The van der Waals surface area contributed by atoms with Gasteiger partial charge in [0, 0.05) is 32.3 Å². The highest BCUT2D eigenvalue weighted by atomic mass is 35.5. The Morgan fingerprint density at radius 1 is 1.17 bits per heavy atom. The molecule has 3 N–H and O–H groups in total. The molecule has 0 atom stereocenters. The van der Waals surface area contributed by atoms with Crippen LogP contribution in [0.3, 0.4) is 0 Å². The van der Waals surface area contributed by atoms with Gasteiger partial charge in [0.1, 0.15) is 27.8 Å². The van der Waals surface area contributed by atoms with Gasteiger partial charge < -0.3 is 19.9 Å². The molecule has 0 fully saturated rings. The number of pyridine rings is 2. The fourth-order valence-electron chi connectivity index (χ4n) is 2.96. The number of aryl methyl sites for hydroxylation is 1. The van der Waals surface area contributed by atoms with Crippen LogP contribution in [0, 0.1) is 0 Å². The molecule has 4 aromatic heterocycles. The normalized spacial score (nSPS) is 12.1. The Morgan fingerprint density at radius 3 is 2.60 bits per heavy atom. The Morgan fingerprint density at radius 2 is 1.91 bits per heavy atom. The second-order valence-corrected chi connectivity index (χ2v) is 7.51. The van der Waals surface area contributed by atoms with Gasteiger partial charge in [-0.1, -0.05) is 11.6 Å². The fourth-order valence-corrected chi connectivity index (χ4v) is 3.26. The van der Waals surface area contributed by atoms with Gasteiger partial charge in [-0.2, -0.15) is 32.0 Å². The Bertz CT molecular complexity index is 1420. The van der Waals surface area contributed by atoms with E-state index < -0.39 is 17.8 Å². The van der Waals surface area contributed by atoms with Crippen molar-refractivity contribution in [2.45, 2.75) is 19.0 Å². The molecule has 0 saturated heterocycles. The van der Waals surface area contributed by atoms with Crippen LogP contribution in [-0.2, 0) is 17.8 Å². The van der Waals surface area contributed by atoms with E-state index in [4.69, 9.17) is 16.3 Å². The van der Waals surface area contributed by atoms with E-state index in [0.717, 1.165) is 0 Å². The number of nitrogens with zero attached hydrogens (tertiary/aromatic N) is 5. The summed E-state index contributed by atoms with van der Waals surface area (Å²) >= 11 is 6.47. The quantitative estimate of drug-likeness (QED) is 0.312. The number of ether oxygens (including phenoxy) is 1. The van der Waals surface area contributed by atoms with Crippen LogP contribution in [-0.4, -0.2) is 41.8 Å². The highest BCUT2D eigenvalue weighted by Crippen LogP contribution is 2.43. The van der Waals surface area contributed by atoms with Crippen LogP contribution in [0.1, 0.15) is 12.6 Å². The number of aromatic amines is 1. The van der Waals surface area contributed by atoms with Crippen molar-refractivity contribution in [3.8, 4) is 11.5 Å². The van der Waals surface area contributed by atoms with E-state index in [0.29, 0.717) is 11.8 Å². The molecule has 0 aliphatic heterocycles. The monoisotopic (exact) mass is 516 g/mol. The van der Waals surface area contributed by atoms with Crippen molar-refractivity contribution in [2.24, 2.45) is 7.05 Å². The summed E-state index contributed by atoms with van der Waals surface area (Å²) in [6, 6.07) is 3.50. The topological polar surface area (TPSA) is 123 Å². The van der Waals surface area contributed by atoms with E-state index in [9.17, 15) is 26.7 Å². The van der Waals surface area contributed by atoms with Crippen molar-refractivity contribution in [3.63, 3.8) is 0 Å². The van der Waals surface area contributed by atoms with E-state index in [1.54, 1.807) is 5.10 Å². The number of hydrogen-bond donors (Lipinski definition) is 3. The zero-order valence-electron chi connectivity index (χ0n) is 17.7. The Kier molecular flexibility index (Phi) is 5.96. The molecule has 0 spiro atoms. The van der Waals surface area contributed by atoms with Crippen LogP contribution in [0.2, 0.25) is 5.02 Å². The predicted molar refractivity (Wildman–Crippen MR) is 114 cm³/mol. The smallest absolute Gasteiger partial charge is 0.454 e. The molecule has 0 bridgehead atoms. The average Bonchev–Trinajstić information content (AvgIpc) is 3.35. The third-order valence-electron chi connectivity index (χ3n) is 4.58. The number of alkyl halides is 5. The number of anilines is 3. The first kappa shape index (κ1) is 24.1. The minimum Gasteiger partial charge on any atom is -0.454 e. The van der Waals surface area contributed by atoms with Crippen LogP contribution in [0.15, 0.2) is 30.6 Å². The molecule has 16 heteroatoms. The summed E-state index contributed by atoms with van der Waals surface area (Å²) < 4.78 is 71.9. The second kappa shape index (κ2) is 8.65. The van der Waals surface area contributed by atoms with Gasteiger partial charge >= 0.3 is 12.1 Å². The van der Waals surface area contributed by atoms with Crippen molar-refractivity contribution >= 4 is 46.3 Å². The summed E-state index contributed by atoms with van der Waals surface area (Å²) in [6.45, 7) is 1.32. The molecule has 1 amide bonds. The lowest BCUT2D eigenvalue weighted by Gasteiger charge is -2.17. The number of H-pyrrole nitrogens is 1. The van der Waals surface area contributed by atoms with Crippen molar-refractivity contribution in [2.75, 3.05) is 10.6 Å². The first-order valence-electron chi connectivity index (χ1n) is 9.56. The number of carbonyl (C=O) groups is 1. The molecule has 4 heterocycles. The van der Waals surface area contributed by atoms with Gasteiger partial charge in [0.05, 0.1) is 6.20 Å². The average molecular weight is 517 g/mol. The molecule has 0 saturated carbocycles. The fraction of sp³-hybridized carbons (Fsp3) is 0.211. The maximum absolute atomic E-state index is 13.5. The Hall–Kier alpha value is -4.01. The van der Waals surface area contributed by atoms with Gasteiger partial charge in [0.2, 0.25) is 11.9 Å². The van der Waals surface area contributed by atoms with Crippen LogP contribution in [0.25, 0.3) is 11.2 Å².